The third kappa shape index (κ3) is 4.41. The summed E-state index contributed by atoms with van der Waals surface area (Å²) in [6.07, 6.45) is 0.572. The van der Waals surface area contributed by atoms with Gasteiger partial charge in [-0.15, -0.1) is 0 Å². The first kappa shape index (κ1) is 16.3. The van der Waals surface area contributed by atoms with E-state index in [0.29, 0.717) is 24.5 Å². The Morgan fingerprint density at radius 1 is 1.40 bits per heavy atom. The van der Waals surface area contributed by atoms with Crippen LogP contribution in [0.25, 0.3) is 0 Å². The predicted octanol–water partition coefficient (Wildman–Crippen LogP) is 1.85. The van der Waals surface area contributed by atoms with Crippen molar-refractivity contribution in [2.24, 2.45) is 0 Å². The van der Waals surface area contributed by atoms with E-state index in [1.54, 1.807) is 25.3 Å². The lowest BCUT2D eigenvalue weighted by molar-refractivity contribution is 0.255. The molecule has 0 fully saturated rings. The van der Waals surface area contributed by atoms with E-state index in [1.807, 2.05) is 13.8 Å². The maximum absolute atomic E-state index is 9.16. The molecule has 0 aliphatic rings. The van der Waals surface area contributed by atoms with E-state index in [9.17, 15) is 0 Å². The number of rotatable bonds is 8. The number of hydrogen-bond donors (Lipinski definition) is 2. The number of nitriles is 1. The highest BCUT2D eigenvalue weighted by Crippen LogP contribution is 2.28. The molecule has 0 radical (unpaired) electrons. The molecule has 0 saturated heterocycles. The third-order valence-electron chi connectivity index (χ3n) is 3.08. The Bertz CT molecular complexity index is 471. The average molecular weight is 278 g/mol. The van der Waals surface area contributed by atoms with Crippen LogP contribution in [0.15, 0.2) is 18.2 Å². The Kier molecular flexibility index (Phi) is 6.29. The highest BCUT2D eigenvalue weighted by molar-refractivity contribution is 5.42. The van der Waals surface area contributed by atoms with Gasteiger partial charge in [-0.2, -0.15) is 5.26 Å². The monoisotopic (exact) mass is 278 g/mol. The lowest BCUT2D eigenvalue weighted by Crippen LogP contribution is -2.42. The SMILES string of the molecule is CCNC(C)(C#N)CCOc1ccc(CO)cc1OC. The van der Waals surface area contributed by atoms with E-state index >= 15 is 0 Å². The number of aliphatic hydroxyl groups is 1. The molecule has 5 nitrogen and oxygen atoms in total. The van der Waals surface area contributed by atoms with Gasteiger partial charge in [0, 0.05) is 6.42 Å². The van der Waals surface area contributed by atoms with Crippen molar-refractivity contribution in [2.75, 3.05) is 20.3 Å². The topological polar surface area (TPSA) is 74.5 Å². The summed E-state index contributed by atoms with van der Waals surface area (Å²) in [5.41, 5.74) is 0.177. The van der Waals surface area contributed by atoms with Crippen molar-refractivity contribution in [1.29, 1.82) is 5.26 Å². The number of aliphatic hydroxyl groups excluding tert-OH is 1. The standard InChI is InChI=1S/C15H22N2O3/c1-4-17-15(2,11-16)7-8-20-13-6-5-12(10-18)9-14(13)19-3/h5-6,9,17-18H,4,7-8,10H2,1-3H3. The molecule has 0 amide bonds. The number of nitrogens with one attached hydrogen (secondary N) is 1. The van der Waals surface area contributed by atoms with Crippen molar-refractivity contribution in [1.82, 2.24) is 5.32 Å². The van der Waals surface area contributed by atoms with E-state index in [2.05, 4.69) is 11.4 Å². The minimum absolute atomic E-state index is 0.0381. The summed E-state index contributed by atoms with van der Waals surface area (Å²) in [5, 5.41) is 21.4. The molecule has 0 spiro atoms. The van der Waals surface area contributed by atoms with Crippen LogP contribution in [0.1, 0.15) is 25.8 Å². The first-order valence-electron chi connectivity index (χ1n) is 6.65. The van der Waals surface area contributed by atoms with Gasteiger partial charge in [-0.25, -0.2) is 0 Å². The Morgan fingerprint density at radius 2 is 2.15 bits per heavy atom. The maximum Gasteiger partial charge on any atom is 0.161 e. The summed E-state index contributed by atoms with van der Waals surface area (Å²) in [4.78, 5) is 0. The number of ether oxygens (including phenoxy) is 2. The van der Waals surface area contributed by atoms with Crippen molar-refractivity contribution in [3.05, 3.63) is 23.8 Å². The van der Waals surface area contributed by atoms with Gasteiger partial charge in [-0.3, -0.25) is 5.32 Å². The zero-order valence-electron chi connectivity index (χ0n) is 12.3. The summed E-state index contributed by atoms with van der Waals surface area (Å²) >= 11 is 0. The van der Waals surface area contributed by atoms with Crippen LogP contribution >= 0.6 is 0 Å². The second-order valence-corrected chi connectivity index (χ2v) is 4.72. The molecular formula is C15H22N2O3. The Labute approximate surface area is 120 Å². The second-order valence-electron chi connectivity index (χ2n) is 4.72. The van der Waals surface area contributed by atoms with Crippen LogP contribution in [0.3, 0.4) is 0 Å². The minimum Gasteiger partial charge on any atom is -0.493 e. The molecular weight excluding hydrogens is 256 g/mol. The number of nitrogens with zero attached hydrogens (tertiary/aromatic N) is 1. The van der Waals surface area contributed by atoms with Crippen molar-refractivity contribution in [3.8, 4) is 17.6 Å². The van der Waals surface area contributed by atoms with Crippen molar-refractivity contribution >= 4 is 0 Å². The van der Waals surface area contributed by atoms with Gasteiger partial charge in [0.1, 0.15) is 5.54 Å². The predicted molar refractivity (Wildman–Crippen MR) is 76.7 cm³/mol. The van der Waals surface area contributed by atoms with E-state index < -0.39 is 5.54 Å². The van der Waals surface area contributed by atoms with Gasteiger partial charge in [0.25, 0.3) is 0 Å². The van der Waals surface area contributed by atoms with Crippen molar-refractivity contribution in [2.45, 2.75) is 32.4 Å². The normalized spacial score (nSPS) is 13.3. The highest BCUT2D eigenvalue weighted by Gasteiger charge is 2.22. The van der Waals surface area contributed by atoms with Crippen LogP contribution in [0.5, 0.6) is 11.5 Å². The number of methoxy groups -OCH3 is 1. The zero-order valence-corrected chi connectivity index (χ0v) is 12.3. The van der Waals surface area contributed by atoms with Gasteiger partial charge < -0.3 is 14.6 Å². The van der Waals surface area contributed by atoms with E-state index in [4.69, 9.17) is 19.8 Å². The van der Waals surface area contributed by atoms with Crippen LogP contribution in [0, 0.1) is 11.3 Å². The van der Waals surface area contributed by atoms with Crippen molar-refractivity contribution < 1.29 is 14.6 Å². The van der Waals surface area contributed by atoms with Crippen LogP contribution in [0.4, 0.5) is 0 Å². The lowest BCUT2D eigenvalue weighted by Gasteiger charge is -2.22. The number of benzene rings is 1. The molecule has 1 atom stereocenters. The summed E-state index contributed by atoms with van der Waals surface area (Å²) < 4.78 is 10.9. The fourth-order valence-corrected chi connectivity index (χ4v) is 1.87. The molecule has 0 saturated carbocycles. The third-order valence-corrected chi connectivity index (χ3v) is 3.08. The second kappa shape index (κ2) is 7.73. The first-order chi connectivity index (χ1) is 9.58. The summed E-state index contributed by atoms with van der Waals surface area (Å²) in [7, 11) is 1.56. The summed E-state index contributed by atoms with van der Waals surface area (Å²) in [6, 6.07) is 7.54. The van der Waals surface area contributed by atoms with Crippen LogP contribution in [-0.2, 0) is 6.61 Å². The van der Waals surface area contributed by atoms with Gasteiger partial charge in [0.05, 0.1) is 26.4 Å². The van der Waals surface area contributed by atoms with Gasteiger partial charge in [0.2, 0.25) is 0 Å². The quantitative estimate of drug-likeness (QED) is 0.759. The molecule has 1 unspecified atom stereocenters. The zero-order chi connectivity index (χ0) is 15.0. The molecule has 1 aromatic carbocycles. The van der Waals surface area contributed by atoms with E-state index in [-0.39, 0.29) is 6.61 Å². The molecule has 0 bridgehead atoms. The number of hydrogen-bond acceptors (Lipinski definition) is 5. The molecule has 0 heterocycles. The van der Waals surface area contributed by atoms with E-state index in [1.165, 1.54) is 0 Å². The molecule has 0 aliphatic heterocycles. The first-order valence-corrected chi connectivity index (χ1v) is 6.65. The summed E-state index contributed by atoms with van der Waals surface area (Å²) in [6.45, 7) is 4.92. The Balaban J connectivity index is 2.64. The molecule has 1 aromatic rings. The van der Waals surface area contributed by atoms with Gasteiger partial charge in [-0.05, 0) is 31.2 Å². The Hall–Kier alpha value is -1.77. The van der Waals surface area contributed by atoms with Gasteiger partial charge in [-0.1, -0.05) is 13.0 Å². The Morgan fingerprint density at radius 3 is 2.70 bits per heavy atom. The molecule has 0 aliphatic carbocycles. The molecule has 110 valence electrons. The van der Waals surface area contributed by atoms with Crippen molar-refractivity contribution in [3.63, 3.8) is 0 Å². The fraction of sp³-hybridized carbons (Fsp3) is 0.533. The highest BCUT2D eigenvalue weighted by atomic mass is 16.5. The molecule has 5 heteroatoms. The van der Waals surface area contributed by atoms with E-state index in [0.717, 1.165) is 12.1 Å². The summed E-state index contributed by atoms with van der Waals surface area (Å²) in [5.74, 6) is 1.19. The van der Waals surface area contributed by atoms with Crippen LogP contribution in [0.2, 0.25) is 0 Å². The molecule has 1 rings (SSSR count). The molecule has 2 N–H and O–H groups in total. The van der Waals surface area contributed by atoms with Crippen LogP contribution < -0.4 is 14.8 Å². The van der Waals surface area contributed by atoms with Gasteiger partial charge in [0.15, 0.2) is 11.5 Å². The fourth-order valence-electron chi connectivity index (χ4n) is 1.87. The smallest absolute Gasteiger partial charge is 0.161 e. The maximum atomic E-state index is 9.16. The molecule has 20 heavy (non-hydrogen) atoms. The van der Waals surface area contributed by atoms with Gasteiger partial charge >= 0.3 is 0 Å². The minimum atomic E-state index is -0.590. The largest absolute Gasteiger partial charge is 0.493 e. The molecule has 0 aromatic heterocycles. The lowest BCUT2D eigenvalue weighted by atomic mass is 10.0. The average Bonchev–Trinajstić information content (AvgIpc) is 2.47. The van der Waals surface area contributed by atoms with Crippen LogP contribution in [-0.4, -0.2) is 30.9 Å².